The second kappa shape index (κ2) is 7.61. The highest BCUT2D eigenvalue weighted by Gasteiger charge is 2.19. The number of hydrogen-bond donors (Lipinski definition) is 0. The maximum atomic E-state index is 13.1. The molecule has 1 aromatic carbocycles. The fourth-order valence-electron chi connectivity index (χ4n) is 1.47. The Hall–Kier alpha value is -0.780. The predicted octanol–water partition coefficient (Wildman–Crippen LogP) is 3.10. The zero-order chi connectivity index (χ0) is 13.5. The van der Waals surface area contributed by atoms with E-state index >= 15 is 0 Å². The van der Waals surface area contributed by atoms with Crippen molar-refractivity contribution >= 4 is 21.7 Å². The molecule has 18 heavy (non-hydrogen) atoms. The van der Waals surface area contributed by atoms with Crippen LogP contribution in [0.2, 0.25) is 0 Å². The third-order valence-electron chi connectivity index (χ3n) is 2.26. The molecule has 0 atom stereocenters. The van der Waals surface area contributed by atoms with Crippen molar-refractivity contribution in [1.82, 2.24) is 0 Å². The van der Waals surface area contributed by atoms with Gasteiger partial charge >= 0.3 is 0 Å². The molecule has 5 heteroatoms. The number of Topliss-reactive ketones (excluding diaryl/α,β-unsaturated/α-hetero) is 1. The van der Waals surface area contributed by atoms with Gasteiger partial charge in [-0.2, -0.15) is 0 Å². The van der Waals surface area contributed by atoms with Crippen LogP contribution in [0.5, 0.6) is 0 Å². The van der Waals surface area contributed by atoms with Gasteiger partial charge in [0.2, 0.25) is 6.29 Å². The number of benzene rings is 1. The highest BCUT2D eigenvalue weighted by molar-refractivity contribution is 9.10. The fraction of sp³-hybridized carbons (Fsp3) is 0.462. The summed E-state index contributed by atoms with van der Waals surface area (Å²) in [5, 5.41) is 0. The van der Waals surface area contributed by atoms with Crippen LogP contribution in [0.25, 0.3) is 0 Å². The lowest BCUT2D eigenvalue weighted by molar-refractivity contribution is -0.167. The first-order valence-electron chi connectivity index (χ1n) is 5.78. The highest BCUT2D eigenvalue weighted by Crippen LogP contribution is 2.17. The minimum atomic E-state index is -0.844. The number of carbonyl (C=O) groups is 1. The van der Waals surface area contributed by atoms with Gasteiger partial charge < -0.3 is 9.47 Å². The van der Waals surface area contributed by atoms with Crippen LogP contribution in [-0.4, -0.2) is 25.3 Å². The van der Waals surface area contributed by atoms with E-state index in [1.54, 1.807) is 26.0 Å². The normalized spacial score (nSPS) is 10.9. The molecule has 0 aliphatic heterocycles. The summed E-state index contributed by atoms with van der Waals surface area (Å²) >= 11 is 3.09. The third kappa shape index (κ3) is 4.48. The fourth-order valence-corrected chi connectivity index (χ4v) is 1.90. The molecular formula is C13H16BrFO3. The molecule has 0 heterocycles. The number of hydrogen-bond acceptors (Lipinski definition) is 3. The molecule has 0 fully saturated rings. The van der Waals surface area contributed by atoms with Crippen LogP contribution in [0, 0.1) is 5.82 Å². The predicted molar refractivity (Wildman–Crippen MR) is 69.9 cm³/mol. The van der Waals surface area contributed by atoms with Gasteiger partial charge in [-0.1, -0.05) is 6.07 Å². The number of carbonyl (C=O) groups excluding carboxylic acids is 1. The quantitative estimate of drug-likeness (QED) is 0.725. The average Bonchev–Trinajstić information content (AvgIpc) is 2.33. The van der Waals surface area contributed by atoms with Gasteiger partial charge in [0.05, 0.1) is 4.47 Å². The molecule has 0 bridgehead atoms. The van der Waals surface area contributed by atoms with Crippen molar-refractivity contribution in [1.29, 1.82) is 0 Å². The SMILES string of the molecule is CCOC(OCC)C(=O)Cc1ccc(F)c(Br)c1. The number of ether oxygens (including phenoxy) is 2. The van der Waals surface area contributed by atoms with Crippen LogP contribution in [0.3, 0.4) is 0 Å². The summed E-state index contributed by atoms with van der Waals surface area (Å²) in [6, 6.07) is 4.48. The van der Waals surface area contributed by atoms with Gasteiger partial charge in [0.15, 0.2) is 5.78 Å². The average molecular weight is 319 g/mol. The first-order valence-corrected chi connectivity index (χ1v) is 6.57. The van der Waals surface area contributed by atoms with E-state index in [1.807, 2.05) is 0 Å². The van der Waals surface area contributed by atoms with Crippen molar-refractivity contribution in [2.75, 3.05) is 13.2 Å². The van der Waals surface area contributed by atoms with Gasteiger partial charge in [-0.15, -0.1) is 0 Å². The van der Waals surface area contributed by atoms with Crippen LogP contribution >= 0.6 is 15.9 Å². The van der Waals surface area contributed by atoms with E-state index in [1.165, 1.54) is 6.07 Å². The monoisotopic (exact) mass is 318 g/mol. The van der Waals surface area contributed by atoms with E-state index < -0.39 is 6.29 Å². The largest absolute Gasteiger partial charge is 0.346 e. The Morgan fingerprint density at radius 2 is 1.94 bits per heavy atom. The van der Waals surface area contributed by atoms with Crippen molar-refractivity contribution in [3.8, 4) is 0 Å². The van der Waals surface area contributed by atoms with Crippen LogP contribution in [-0.2, 0) is 20.7 Å². The zero-order valence-electron chi connectivity index (χ0n) is 10.4. The molecule has 0 N–H and O–H groups in total. The second-order valence-corrected chi connectivity index (χ2v) is 4.49. The molecule has 3 nitrogen and oxygen atoms in total. The Kier molecular flexibility index (Phi) is 6.46. The number of halogens is 2. The van der Waals surface area contributed by atoms with Gasteiger partial charge in [0.1, 0.15) is 5.82 Å². The molecule has 0 spiro atoms. The highest BCUT2D eigenvalue weighted by atomic mass is 79.9. The number of rotatable bonds is 7. The maximum Gasteiger partial charge on any atom is 0.218 e. The van der Waals surface area contributed by atoms with Crippen LogP contribution in [0.15, 0.2) is 22.7 Å². The maximum absolute atomic E-state index is 13.1. The summed E-state index contributed by atoms with van der Waals surface area (Å²) < 4.78 is 23.8. The summed E-state index contributed by atoms with van der Waals surface area (Å²) in [6.07, 6.45) is -0.687. The summed E-state index contributed by atoms with van der Waals surface area (Å²) in [6.45, 7) is 4.41. The Morgan fingerprint density at radius 3 is 2.44 bits per heavy atom. The van der Waals surface area contributed by atoms with E-state index in [9.17, 15) is 9.18 Å². The molecule has 0 aliphatic carbocycles. The van der Waals surface area contributed by atoms with Crippen molar-refractivity contribution in [3.05, 3.63) is 34.1 Å². The van der Waals surface area contributed by atoms with Crippen LogP contribution in [0.1, 0.15) is 19.4 Å². The third-order valence-corrected chi connectivity index (χ3v) is 2.87. The lowest BCUT2D eigenvalue weighted by Gasteiger charge is -2.15. The topological polar surface area (TPSA) is 35.5 Å². The molecule has 1 rings (SSSR count). The van der Waals surface area contributed by atoms with Gasteiger partial charge in [-0.05, 0) is 47.5 Å². The van der Waals surface area contributed by atoms with Crippen LogP contribution < -0.4 is 0 Å². The standard InChI is InChI=1S/C13H16BrFO3/c1-3-17-13(18-4-2)12(16)8-9-5-6-11(15)10(14)7-9/h5-7,13H,3-4,8H2,1-2H3. The van der Waals surface area contributed by atoms with Gasteiger partial charge in [-0.3, -0.25) is 4.79 Å². The Bertz CT molecular complexity index is 403. The minimum absolute atomic E-state index is 0.156. The Morgan fingerprint density at radius 1 is 1.33 bits per heavy atom. The molecule has 100 valence electrons. The molecule has 0 saturated carbocycles. The van der Waals surface area contributed by atoms with Crippen LogP contribution in [0.4, 0.5) is 4.39 Å². The lowest BCUT2D eigenvalue weighted by Crippen LogP contribution is -2.29. The van der Waals surface area contributed by atoms with Crippen molar-refractivity contribution in [3.63, 3.8) is 0 Å². The van der Waals surface area contributed by atoms with E-state index in [0.29, 0.717) is 17.7 Å². The van der Waals surface area contributed by atoms with Gasteiger partial charge in [0.25, 0.3) is 0 Å². The number of ketones is 1. The van der Waals surface area contributed by atoms with Crippen molar-refractivity contribution in [2.24, 2.45) is 0 Å². The first-order chi connectivity index (χ1) is 8.58. The summed E-state index contributed by atoms with van der Waals surface area (Å²) in [4.78, 5) is 11.9. The molecular weight excluding hydrogens is 303 g/mol. The Labute approximate surface area is 114 Å². The molecule has 0 radical (unpaired) electrons. The molecule has 0 saturated heterocycles. The molecule has 1 aromatic rings. The van der Waals surface area contributed by atoms with Crippen molar-refractivity contribution < 1.29 is 18.7 Å². The summed E-state index contributed by atoms with van der Waals surface area (Å²) in [5.41, 5.74) is 0.720. The van der Waals surface area contributed by atoms with E-state index in [4.69, 9.17) is 9.47 Å². The van der Waals surface area contributed by atoms with E-state index in [0.717, 1.165) is 5.56 Å². The molecule has 0 amide bonds. The van der Waals surface area contributed by atoms with Gasteiger partial charge in [0, 0.05) is 19.6 Å². The first kappa shape index (κ1) is 15.3. The molecule has 0 aromatic heterocycles. The lowest BCUT2D eigenvalue weighted by atomic mass is 10.1. The summed E-state index contributed by atoms with van der Waals surface area (Å²) in [7, 11) is 0. The van der Waals surface area contributed by atoms with E-state index in [-0.39, 0.29) is 18.0 Å². The smallest absolute Gasteiger partial charge is 0.218 e. The zero-order valence-corrected chi connectivity index (χ0v) is 12.0. The Balaban J connectivity index is 2.69. The van der Waals surface area contributed by atoms with Gasteiger partial charge in [-0.25, -0.2) is 4.39 Å². The van der Waals surface area contributed by atoms with E-state index in [2.05, 4.69) is 15.9 Å². The molecule has 0 unspecified atom stereocenters. The minimum Gasteiger partial charge on any atom is -0.346 e. The molecule has 0 aliphatic rings. The summed E-state index contributed by atoms with van der Waals surface area (Å²) in [5.74, 6) is -0.519. The van der Waals surface area contributed by atoms with Crippen molar-refractivity contribution in [2.45, 2.75) is 26.6 Å². The second-order valence-electron chi connectivity index (χ2n) is 3.63.